The molecule has 0 bridgehead atoms. The summed E-state index contributed by atoms with van der Waals surface area (Å²) in [7, 11) is 2.18. The lowest BCUT2D eigenvalue weighted by atomic mass is 9.96. The van der Waals surface area contributed by atoms with Crippen molar-refractivity contribution in [1.29, 1.82) is 0 Å². The molecule has 2 aromatic rings. The van der Waals surface area contributed by atoms with Crippen LogP contribution >= 0.6 is 0 Å². The normalized spacial score (nSPS) is 19.6. The van der Waals surface area contributed by atoms with Gasteiger partial charge in [-0.15, -0.1) is 0 Å². The summed E-state index contributed by atoms with van der Waals surface area (Å²) < 4.78 is 0. The van der Waals surface area contributed by atoms with Gasteiger partial charge in [0.1, 0.15) is 0 Å². The highest BCUT2D eigenvalue weighted by molar-refractivity contribution is 5.92. The summed E-state index contributed by atoms with van der Waals surface area (Å²) >= 11 is 0. The van der Waals surface area contributed by atoms with Gasteiger partial charge in [-0.05, 0) is 22.4 Å². The molecule has 15 heavy (non-hydrogen) atoms. The first-order chi connectivity index (χ1) is 7.27. The van der Waals surface area contributed by atoms with E-state index in [-0.39, 0.29) is 0 Å². The van der Waals surface area contributed by atoms with E-state index in [0.29, 0.717) is 5.92 Å². The molecule has 0 spiro atoms. The number of benzene rings is 2. The van der Waals surface area contributed by atoms with E-state index in [1.165, 1.54) is 22.0 Å². The molecule has 0 saturated heterocycles. The van der Waals surface area contributed by atoms with Crippen molar-refractivity contribution >= 4 is 16.5 Å². The number of hydrogen-bond donors (Lipinski definition) is 0. The van der Waals surface area contributed by atoms with Gasteiger partial charge in [-0.3, -0.25) is 0 Å². The molecule has 0 N–H and O–H groups in total. The molecule has 0 aliphatic carbocycles. The van der Waals surface area contributed by atoms with Crippen LogP contribution in [0.5, 0.6) is 0 Å². The molecule has 1 aliphatic heterocycles. The lowest BCUT2D eigenvalue weighted by Gasteiger charge is -2.12. The highest BCUT2D eigenvalue weighted by Crippen LogP contribution is 2.39. The number of likely N-dealkylation sites (N-methyl/N-ethyl adjacent to an activating group) is 1. The summed E-state index contributed by atoms with van der Waals surface area (Å²) in [6.07, 6.45) is 0. The van der Waals surface area contributed by atoms with Gasteiger partial charge in [-0.2, -0.15) is 0 Å². The Morgan fingerprint density at radius 3 is 2.80 bits per heavy atom. The number of hydrogen-bond acceptors (Lipinski definition) is 1. The van der Waals surface area contributed by atoms with Gasteiger partial charge in [0.15, 0.2) is 0 Å². The van der Waals surface area contributed by atoms with Gasteiger partial charge in [-0.25, -0.2) is 0 Å². The number of rotatable bonds is 0. The fourth-order valence-electron chi connectivity index (χ4n) is 2.74. The minimum atomic E-state index is 0.649. The van der Waals surface area contributed by atoms with Gasteiger partial charge in [0.25, 0.3) is 0 Å². The quantitative estimate of drug-likeness (QED) is 0.625. The molecule has 3 rings (SSSR count). The smallest absolute Gasteiger partial charge is 0.0406 e. The van der Waals surface area contributed by atoms with Gasteiger partial charge in [0, 0.05) is 25.2 Å². The predicted molar refractivity (Wildman–Crippen MR) is 65.6 cm³/mol. The van der Waals surface area contributed by atoms with E-state index < -0.39 is 0 Å². The molecule has 1 unspecified atom stereocenters. The molecule has 76 valence electrons. The van der Waals surface area contributed by atoms with Crippen LogP contribution in [0.15, 0.2) is 36.4 Å². The van der Waals surface area contributed by atoms with Crippen LogP contribution in [0.3, 0.4) is 0 Å². The molecule has 1 aliphatic rings. The van der Waals surface area contributed by atoms with Crippen molar-refractivity contribution in [3.05, 3.63) is 42.0 Å². The number of anilines is 1. The Balaban J connectivity index is 2.39. The number of nitrogens with zero attached hydrogens (tertiary/aromatic N) is 1. The van der Waals surface area contributed by atoms with Crippen LogP contribution < -0.4 is 4.90 Å². The first kappa shape index (κ1) is 8.78. The Morgan fingerprint density at radius 1 is 1.13 bits per heavy atom. The van der Waals surface area contributed by atoms with E-state index in [1.807, 2.05) is 0 Å². The first-order valence-electron chi connectivity index (χ1n) is 5.50. The van der Waals surface area contributed by atoms with Crippen molar-refractivity contribution in [2.45, 2.75) is 12.8 Å². The summed E-state index contributed by atoms with van der Waals surface area (Å²) in [6, 6.07) is 13.2. The summed E-state index contributed by atoms with van der Waals surface area (Å²) in [5.41, 5.74) is 2.93. The molecule has 0 amide bonds. The standard InChI is InChI=1S/C14H15N/c1-10-9-15(2)13-8-7-11-5-3-4-6-12(11)14(10)13/h3-8,10H,9H2,1-2H3. The largest absolute Gasteiger partial charge is 0.374 e. The topological polar surface area (TPSA) is 3.24 Å². The molecule has 1 heteroatoms. The third kappa shape index (κ3) is 1.16. The van der Waals surface area contributed by atoms with Gasteiger partial charge in [0.05, 0.1) is 0 Å². The minimum absolute atomic E-state index is 0.649. The van der Waals surface area contributed by atoms with Crippen molar-refractivity contribution in [2.24, 2.45) is 0 Å². The van der Waals surface area contributed by atoms with Crippen molar-refractivity contribution in [3.8, 4) is 0 Å². The van der Waals surface area contributed by atoms with E-state index >= 15 is 0 Å². The van der Waals surface area contributed by atoms with Gasteiger partial charge in [-0.1, -0.05) is 37.3 Å². The van der Waals surface area contributed by atoms with Crippen LogP contribution in [-0.2, 0) is 0 Å². The van der Waals surface area contributed by atoms with Crippen LogP contribution in [0, 0.1) is 0 Å². The third-order valence-corrected chi connectivity index (χ3v) is 3.40. The molecule has 1 heterocycles. The summed E-state index contributed by atoms with van der Waals surface area (Å²) in [5.74, 6) is 0.649. The first-order valence-corrected chi connectivity index (χ1v) is 5.50. The van der Waals surface area contributed by atoms with Crippen molar-refractivity contribution in [3.63, 3.8) is 0 Å². The molecular formula is C14H15N. The van der Waals surface area contributed by atoms with E-state index in [0.717, 1.165) is 6.54 Å². The molecule has 1 nitrogen and oxygen atoms in total. The zero-order valence-corrected chi connectivity index (χ0v) is 9.20. The highest BCUT2D eigenvalue weighted by Gasteiger charge is 2.24. The fraction of sp³-hybridized carbons (Fsp3) is 0.286. The second kappa shape index (κ2) is 2.99. The van der Waals surface area contributed by atoms with Crippen LogP contribution in [0.1, 0.15) is 18.4 Å². The fourth-order valence-corrected chi connectivity index (χ4v) is 2.74. The average molecular weight is 197 g/mol. The van der Waals surface area contributed by atoms with E-state index in [2.05, 4.69) is 55.3 Å². The number of fused-ring (bicyclic) bond motifs is 3. The Hall–Kier alpha value is -1.50. The van der Waals surface area contributed by atoms with Crippen molar-refractivity contribution in [2.75, 3.05) is 18.5 Å². The zero-order valence-electron chi connectivity index (χ0n) is 9.20. The maximum Gasteiger partial charge on any atom is 0.0406 e. The van der Waals surface area contributed by atoms with E-state index in [9.17, 15) is 0 Å². The Morgan fingerprint density at radius 2 is 1.93 bits per heavy atom. The summed E-state index contributed by atoms with van der Waals surface area (Å²) in [4.78, 5) is 2.35. The molecule has 0 aromatic heterocycles. The molecule has 0 fully saturated rings. The van der Waals surface area contributed by atoms with Crippen LogP contribution in [0.25, 0.3) is 10.8 Å². The second-order valence-corrected chi connectivity index (χ2v) is 4.50. The van der Waals surface area contributed by atoms with Crippen molar-refractivity contribution < 1.29 is 0 Å². The van der Waals surface area contributed by atoms with Crippen LogP contribution in [0.4, 0.5) is 5.69 Å². The van der Waals surface area contributed by atoms with Crippen molar-refractivity contribution in [1.82, 2.24) is 0 Å². The Kier molecular flexibility index (Phi) is 1.75. The maximum absolute atomic E-state index is 2.35. The van der Waals surface area contributed by atoms with E-state index in [4.69, 9.17) is 0 Å². The maximum atomic E-state index is 2.35. The third-order valence-electron chi connectivity index (χ3n) is 3.40. The Labute approximate surface area is 90.3 Å². The van der Waals surface area contributed by atoms with Crippen LogP contribution in [0.2, 0.25) is 0 Å². The SMILES string of the molecule is CC1CN(C)c2ccc3ccccc3c21. The van der Waals surface area contributed by atoms with Gasteiger partial charge >= 0.3 is 0 Å². The lowest BCUT2D eigenvalue weighted by molar-refractivity contribution is 0.800. The Bertz CT molecular complexity index is 516. The average Bonchev–Trinajstić information content (AvgIpc) is 2.55. The minimum Gasteiger partial charge on any atom is -0.374 e. The molecular weight excluding hydrogens is 182 g/mol. The molecule has 1 atom stereocenters. The van der Waals surface area contributed by atoms with Crippen LogP contribution in [-0.4, -0.2) is 13.6 Å². The second-order valence-electron chi connectivity index (χ2n) is 4.50. The zero-order chi connectivity index (χ0) is 10.4. The van der Waals surface area contributed by atoms with Gasteiger partial charge < -0.3 is 4.90 Å². The summed E-state index contributed by atoms with van der Waals surface area (Å²) in [5, 5.41) is 2.78. The monoisotopic (exact) mass is 197 g/mol. The summed E-state index contributed by atoms with van der Waals surface area (Å²) in [6.45, 7) is 3.46. The molecule has 0 saturated carbocycles. The van der Waals surface area contributed by atoms with E-state index in [1.54, 1.807) is 0 Å². The molecule has 0 radical (unpaired) electrons. The lowest BCUT2D eigenvalue weighted by Crippen LogP contribution is -2.13. The highest BCUT2D eigenvalue weighted by atomic mass is 15.1. The predicted octanol–water partition coefficient (Wildman–Crippen LogP) is 3.39. The van der Waals surface area contributed by atoms with Gasteiger partial charge in [0.2, 0.25) is 0 Å². The molecule has 2 aromatic carbocycles.